The average molecular weight is 174 g/mol. The van der Waals surface area contributed by atoms with E-state index in [9.17, 15) is 4.79 Å². The molecule has 0 radical (unpaired) electrons. The second-order valence-electron chi connectivity index (χ2n) is 3.01. The van der Waals surface area contributed by atoms with Crippen LogP contribution in [0.5, 0.6) is 0 Å². The van der Waals surface area contributed by atoms with Crippen molar-refractivity contribution in [3.8, 4) is 0 Å². The standard InChI is InChI=1S/C8H18N2O2/c1-4-9-5-8(11)10-12-6-7(2)3/h7,9H,4-6H2,1-3H3,(H,10,11). The lowest BCUT2D eigenvalue weighted by molar-refractivity contribution is -0.133. The van der Waals surface area contributed by atoms with Gasteiger partial charge in [0.15, 0.2) is 0 Å². The van der Waals surface area contributed by atoms with E-state index in [0.717, 1.165) is 6.54 Å². The van der Waals surface area contributed by atoms with Crippen LogP contribution in [0.1, 0.15) is 20.8 Å². The Bertz CT molecular complexity index is 126. The summed E-state index contributed by atoms with van der Waals surface area (Å²) >= 11 is 0. The molecule has 0 aliphatic carbocycles. The molecule has 0 aromatic rings. The van der Waals surface area contributed by atoms with E-state index in [4.69, 9.17) is 4.84 Å². The van der Waals surface area contributed by atoms with Gasteiger partial charge in [0.05, 0.1) is 13.2 Å². The quantitative estimate of drug-likeness (QED) is 0.569. The van der Waals surface area contributed by atoms with Gasteiger partial charge in [-0.15, -0.1) is 0 Å². The third-order valence-corrected chi connectivity index (χ3v) is 1.14. The minimum absolute atomic E-state index is 0.127. The van der Waals surface area contributed by atoms with Gasteiger partial charge in [-0.05, 0) is 12.5 Å². The molecular weight excluding hydrogens is 156 g/mol. The molecule has 0 saturated heterocycles. The zero-order chi connectivity index (χ0) is 9.40. The Morgan fingerprint density at radius 3 is 2.67 bits per heavy atom. The van der Waals surface area contributed by atoms with Crippen molar-refractivity contribution in [1.29, 1.82) is 0 Å². The Hall–Kier alpha value is -0.610. The summed E-state index contributed by atoms with van der Waals surface area (Å²) in [6.45, 7) is 7.65. The van der Waals surface area contributed by atoms with E-state index in [2.05, 4.69) is 10.8 Å². The molecule has 0 heterocycles. The van der Waals surface area contributed by atoms with Gasteiger partial charge in [0.2, 0.25) is 0 Å². The van der Waals surface area contributed by atoms with Crippen molar-refractivity contribution < 1.29 is 9.63 Å². The highest BCUT2D eigenvalue weighted by Crippen LogP contribution is 1.89. The molecule has 0 saturated carbocycles. The van der Waals surface area contributed by atoms with E-state index in [1.165, 1.54) is 0 Å². The number of rotatable bonds is 6. The third-order valence-electron chi connectivity index (χ3n) is 1.14. The van der Waals surface area contributed by atoms with Crippen LogP contribution in [0, 0.1) is 5.92 Å². The maximum Gasteiger partial charge on any atom is 0.257 e. The van der Waals surface area contributed by atoms with E-state index < -0.39 is 0 Å². The van der Waals surface area contributed by atoms with Gasteiger partial charge in [-0.25, -0.2) is 5.48 Å². The zero-order valence-electron chi connectivity index (χ0n) is 8.02. The topological polar surface area (TPSA) is 50.4 Å². The summed E-state index contributed by atoms with van der Waals surface area (Å²) in [4.78, 5) is 15.8. The van der Waals surface area contributed by atoms with Crippen LogP contribution in [0.25, 0.3) is 0 Å². The summed E-state index contributed by atoms with van der Waals surface area (Å²) < 4.78 is 0. The van der Waals surface area contributed by atoms with Gasteiger partial charge in [0, 0.05) is 0 Å². The molecule has 0 unspecified atom stereocenters. The van der Waals surface area contributed by atoms with Crippen LogP contribution >= 0.6 is 0 Å². The monoisotopic (exact) mass is 174 g/mol. The van der Waals surface area contributed by atoms with Crippen molar-refractivity contribution in [2.75, 3.05) is 19.7 Å². The van der Waals surface area contributed by atoms with Gasteiger partial charge in [-0.2, -0.15) is 0 Å². The Balaban J connectivity index is 3.20. The number of amides is 1. The summed E-state index contributed by atoms with van der Waals surface area (Å²) in [5.74, 6) is 0.307. The van der Waals surface area contributed by atoms with Crippen LogP contribution in [0.15, 0.2) is 0 Å². The Morgan fingerprint density at radius 1 is 1.50 bits per heavy atom. The van der Waals surface area contributed by atoms with E-state index in [1.54, 1.807) is 0 Å². The fraction of sp³-hybridized carbons (Fsp3) is 0.875. The first-order valence-electron chi connectivity index (χ1n) is 4.28. The number of hydrogen-bond acceptors (Lipinski definition) is 3. The van der Waals surface area contributed by atoms with Gasteiger partial charge < -0.3 is 5.32 Å². The van der Waals surface area contributed by atoms with Gasteiger partial charge in [-0.1, -0.05) is 20.8 Å². The molecule has 0 rings (SSSR count). The first-order chi connectivity index (χ1) is 5.66. The maximum absolute atomic E-state index is 10.9. The van der Waals surface area contributed by atoms with E-state index in [0.29, 0.717) is 19.1 Å². The Kier molecular flexibility index (Phi) is 6.70. The lowest BCUT2D eigenvalue weighted by Gasteiger charge is -2.07. The summed E-state index contributed by atoms with van der Waals surface area (Å²) in [7, 11) is 0. The van der Waals surface area contributed by atoms with E-state index in [-0.39, 0.29) is 5.91 Å². The molecule has 1 amide bonds. The highest BCUT2D eigenvalue weighted by Gasteiger charge is 1.99. The summed E-state index contributed by atoms with van der Waals surface area (Å²) in [5, 5.41) is 2.89. The van der Waals surface area contributed by atoms with Crippen molar-refractivity contribution in [2.45, 2.75) is 20.8 Å². The van der Waals surface area contributed by atoms with E-state index >= 15 is 0 Å². The van der Waals surface area contributed by atoms with Crippen molar-refractivity contribution in [1.82, 2.24) is 10.8 Å². The zero-order valence-corrected chi connectivity index (χ0v) is 8.02. The normalized spacial score (nSPS) is 10.3. The highest BCUT2D eigenvalue weighted by atomic mass is 16.6. The SMILES string of the molecule is CCNCC(=O)NOCC(C)C. The molecule has 72 valence electrons. The number of likely N-dealkylation sites (N-methyl/N-ethyl adjacent to an activating group) is 1. The molecule has 2 N–H and O–H groups in total. The van der Waals surface area contributed by atoms with Crippen LogP contribution in [-0.2, 0) is 9.63 Å². The predicted octanol–water partition coefficient (Wildman–Crippen LogP) is 0.300. The fourth-order valence-corrected chi connectivity index (χ4v) is 0.563. The van der Waals surface area contributed by atoms with Crippen LogP contribution < -0.4 is 10.8 Å². The summed E-state index contributed by atoms with van der Waals surface area (Å²) in [5.41, 5.74) is 2.35. The Morgan fingerprint density at radius 2 is 2.17 bits per heavy atom. The second kappa shape index (κ2) is 7.06. The van der Waals surface area contributed by atoms with Crippen LogP contribution in [0.2, 0.25) is 0 Å². The van der Waals surface area contributed by atoms with Gasteiger partial charge in [0.25, 0.3) is 5.91 Å². The molecule has 0 aromatic carbocycles. The lowest BCUT2D eigenvalue weighted by Crippen LogP contribution is -2.34. The largest absolute Gasteiger partial charge is 0.309 e. The first kappa shape index (κ1) is 11.4. The van der Waals surface area contributed by atoms with E-state index in [1.807, 2.05) is 20.8 Å². The summed E-state index contributed by atoms with van der Waals surface area (Å²) in [6, 6.07) is 0. The van der Waals surface area contributed by atoms with Crippen molar-refractivity contribution in [3.05, 3.63) is 0 Å². The Labute approximate surface area is 73.6 Å². The first-order valence-corrected chi connectivity index (χ1v) is 4.28. The minimum atomic E-state index is -0.127. The maximum atomic E-state index is 10.9. The third kappa shape index (κ3) is 7.50. The van der Waals surface area contributed by atoms with Crippen molar-refractivity contribution in [3.63, 3.8) is 0 Å². The number of hydrogen-bond donors (Lipinski definition) is 2. The van der Waals surface area contributed by atoms with Gasteiger partial charge >= 0.3 is 0 Å². The number of nitrogens with one attached hydrogen (secondary N) is 2. The molecule has 0 aliphatic heterocycles. The molecule has 0 aliphatic rings. The second-order valence-corrected chi connectivity index (χ2v) is 3.01. The smallest absolute Gasteiger partial charge is 0.257 e. The number of carbonyl (C=O) groups is 1. The molecule has 0 bridgehead atoms. The predicted molar refractivity (Wildman–Crippen MR) is 47.5 cm³/mol. The average Bonchev–Trinajstić information content (AvgIpc) is 2.00. The van der Waals surface area contributed by atoms with Crippen LogP contribution in [0.3, 0.4) is 0 Å². The summed E-state index contributed by atoms with van der Waals surface area (Å²) in [6.07, 6.45) is 0. The van der Waals surface area contributed by atoms with Gasteiger partial charge in [0.1, 0.15) is 0 Å². The molecule has 0 spiro atoms. The molecule has 12 heavy (non-hydrogen) atoms. The fourth-order valence-electron chi connectivity index (χ4n) is 0.563. The molecule has 4 nitrogen and oxygen atoms in total. The molecule has 0 atom stereocenters. The minimum Gasteiger partial charge on any atom is -0.309 e. The van der Waals surface area contributed by atoms with Crippen molar-refractivity contribution >= 4 is 5.91 Å². The molecule has 0 fully saturated rings. The van der Waals surface area contributed by atoms with Crippen LogP contribution in [0.4, 0.5) is 0 Å². The number of carbonyl (C=O) groups excluding carboxylic acids is 1. The molecular formula is C8H18N2O2. The highest BCUT2D eigenvalue weighted by molar-refractivity contribution is 5.76. The van der Waals surface area contributed by atoms with Crippen molar-refractivity contribution in [2.24, 2.45) is 5.92 Å². The molecule has 0 aromatic heterocycles. The van der Waals surface area contributed by atoms with Crippen LogP contribution in [-0.4, -0.2) is 25.6 Å². The number of hydroxylamine groups is 1. The lowest BCUT2D eigenvalue weighted by atomic mass is 10.2. The van der Waals surface area contributed by atoms with Gasteiger partial charge in [-0.3, -0.25) is 9.63 Å². The molecule has 4 heteroatoms.